The highest BCUT2D eigenvalue weighted by atomic mass is 32.2. The second-order valence-electron chi connectivity index (χ2n) is 4.64. The summed E-state index contributed by atoms with van der Waals surface area (Å²) in [4.78, 5) is 10.7. The lowest BCUT2D eigenvalue weighted by molar-refractivity contribution is 0.0656. The summed E-state index contributed by atoms with van der Waals surface area (Å²) >= 11 is 0. The molecule has 2 N–H and O–H groups in total. The van der Waals surface area contributed by atoms with E-state index in [9.17, 15) is 13.2 Å². The Kier molecular flexibility index (Phi) is 4.46. The van der Waals surface area contributed by atoms with Gasteiger partial charge in [-0.15, -0.1) is 0 Å². The SMILES string of the molecule is CCC1OCCC1CNS(=O)(=O)c1ccc(C(=O)O)o1. The molecule has 0 saturated carbocycles. The zero-order valence-corrected chi connectivity index (χ0v) is 11.9. The van der Waals surface area contributed by atoms with E-state index in [1.807, 2.05) is 6.92 Å². The lowest BCUT2D eigenvalue weighted by Crippen LogP contribution is -2.32. The number of aromatic carboxylic acids is 1. The van der Waals surface area contributed by atoms with Crippen LogP contribution >= 0.6 is 0 Å². The summed E-state index contributed by atoms with van der Waals surface area (Å²) in [6.07, 6.45) is 1.69. The first-order valence-corrected chi connectivity index (χ1v) is 7.86. The van der Waals surface area contributed by atoms with Crippen molar-refractivity contribution in [1.29, 1.82) is 0 Å². The first-order chi connectivity index (χ1) is 9.44. The molecule has 2 heterocycles. The first-order valence-electron chi connectivity index (χ1n) is 6.38. The Morgan fingerprint density at radius 3 is 2.85 bits per heavy atom. The number of furan rings is 1. The quantitative estimate of drug-likeness (QED) is 0.814. The molecular weight excluding hydrogens is 286 g/mol. The van der Waals surface area contributed by atoms with Gasteiger partial charge in [-0.25, -0.2) is 17.9 Å². The molecule has 1 aliphatic heterocycles. The van der Waals surface area contributed by atoms with Crippen LogP contribution in [-0.2, 0) is 14.8 Å². The van der Waals surface area contributed by atoms with Crippen LogP contribution in [0.1, 0.15) is 30.3 Å². The monoisotopic (exact) mass is 303 g/mol. The summed E-state index contributed by atoms with van der Waals surface area (Å²) in [6, 6.07) is 2.25. The second-order valence-corrected chi connectivity index (χ2v) is 6.34. The zero-order chi connectivity index (χ0) is 14.8. The number of rotatable bonds is 6. The minimum absolute atomic E-state index is 0.0591. The van der Waals surface area contributed by atoms with E-state index in [0.717, 1.165) is 25.0 Å². The van der Waals surface area contributed by atoms with E-state index in [2.05, 4.69) is 4.72 Å². The third-order valence-corrected chi connectivity index (χ3v) is 4.64. The Morgan fingerprint density at radius 1 is 1.50 bits per heavy atom. The van der Waals surface area contributed by atoms with Crippen LogP contribution in [0.15, 0.2) is 21.6 Å². The van der Waals surface area contributed by atoms with E-state index >= 15 is 0 Å². The van der Waals surface area contributed by atoms with Gasteiger partial charge in [-0.3, -0.25) is 0 Å². The summed E-state index contributed by atoms with van der Waals surface area (Å²) in [6.45, 7) is 2.88. The van der Waals surface area contributed by atoms with Gasteiger partial charge in [0.2, 0.25) is 10.9 Å². The molecule has 0 radical (unpaired) electrons. The Balaban J connectivity index is 2.01. The van der Waals surface area contributed by atoms with Crippen LogP contribution in [0.3, 0.4) is 0 Å². The predicted molar refractivity (Wildman–Crippen MR) is 69.0 cm³/mol. The Morgan fingerprint density at radius 2 is 2.25 bits per heavy atom. The van der Waals surface area contributed by atoms with Gasteiger partial charge in [-0.1, -0.05) is 6.92 Å². The fraction of sp³-hybridized carbons (Fsp3) is 0.583. The van der Waals surface area contributed by atoms with Crippen LogP contribution < -0.4 is 4.72 Å². The molecule has 2 unspecified atom stereocenters. The molecule has 7 nitrogen and oxygen atoms in total. The molecular formula is C12H17NO6S. The van der Waals surface area contributed by atoms with Gasteiger partial charge in [0.05, 0.1) is 6.10 Å². The fourth-order valence-corrected chi connectivity index (χ4v) is 3.27. The van der Waals surface area contributed by atoms with Crippen molar-refractivity contribution in [2.24, 2.45) is 5.92 Å². The number of carbonyl (C=O) groups is 1. The van der Waals surface area contributed by atoms with E-state index in [1.54, 1.807) is 0 Å². The zero-order valence-electron chi connectivity index (χ0n) is 11.0. The van der Waals surface area contributed by atoms with Crippen LogP contribution in [0.4, 0.5) is 0 Å². The molecule has 2 rings (SSSR count). The van der Waals surface area contributed by atoms with E-state index in [1.165, 1.54) is 0 Å². The summed E-state index contributed by atoms with van der Waals surface area (Å²) in [5.74, 6) is -1.58. The molecule has 1 aromatic rings. The number of sulfonamides is 1. The fourth-order valence-electron chi connectivity index (χ4n) is 2.24. The minimum Gasteiger partial charge on any atom is -0.475 e. The Hall–Kier alpha value is -1.38. The van der Waals surface area contributed by atoms with Crippen molar-refractivity contribution in [2.45, 2.75) is 31.0 Å². The Labute approximate surface area is 117 Å². The Bertz CT molecular complexity index is 579. The lowest BCUT2D eigenvalue weighted by Gasteiger charge is -2.16. The van der Waals surface area contributed by atoms with Crippen molar-refractivity contribution in [3.63, 3.8) is 0 Å². The summed E-state index contributed by atoms with van der Waals surface area (Å²) in [5, 5.41) is 8.32. The van der Waals surface area contributed by atoms with Crippen LogP contribution in [0.25, 0.3) is 0 Å². The minimum atomic E-state index is -3.83. The third kappa shape index (κ3) is 3.20. The van der Waals surface area contributed by atoms with Crippen molar-refractivity contribution in [1.82, 2.24) is 4.72 Å². The van der Waals surface area contributed by atoms with Gasteiger partial charge in [0, 0.05) is 19.1 Å². The average Bonchev–Trinajstić information content (AvgIpc) is 3.05. The molecule has 20 heavy (non-hydrogen) atoms. The van der Waals surface area contributed by atoms with Crippen LogP contribution in [-0.4, -0.2) is 38.7 Å². The molecule has 0 bridgehead atoms. The third-order valence-electron chi connectivity index (χ3n) is 3.34. The maximum Gasteiger partial charge on any atom is 0.371 e. The highest BCUT2D eigenvalue weighted by Gasteiger charge is 2.29. The predicted octanol–water partition coefficient (Wildman–Crippen LogP) is 1.07. The summed E-state index contributed by atoms with van der Waals surface area (Å²) in [7, 11) is -3.83. The topological polar surface area (TPSA) is 106 Å². The van der Waals surface area contributed by atoms with Crippen molar-refractivity contribution in [3.05, 3.63) is 17.9 Å². The highest BCUT2D eigenvalue weighted by Crippen LogP contribution is 2.23. The lowest BCUT2D eigenvalue weighted by atomic mass is 10.0. The molecule has 0 aromatic carbocycles. The van der Waals surface area contributed by atoms with E-state index < -0.39 is 21.8 Å². The highest BCUT2D eigenvalue weighted by molar-refractivity contribution is 7.89. The van der Waals surface area contributed by atoms with Crippen LogP contribution in [0.5, 0.6) is 0 Å². The number of hydrogen-bond donors (Lipinski definition) is 2. The smallest absolute Gasteiger partial charge is 0.371 e. The standard InChI is InChI=1S/C12H17NO6S/c1-2-9-8(5-6-18-9)7-13-20(16,17)11-4-3-10(19-11)12(14)15/h3-4,8-9,13H,2,5-7H2,1H3,(H,14,15). The average molecular weight is 303 g/mol. The maximum absolute atomic E-state index is 12.0. The van der Waals surface area contributed by atoms with Gasteiger partial charge < -0.3 is 14.3 Å². The second kappa shape index (κ2) is 5.94. The van der Waals surface area contributed by atoms with Gasteiger partial charge >= 0.3 is 5.97 Å². The number of ether oxygens (including phenoxy) is 1. The number of carboxylic acids is 1. The molecule has 0 amide bonds. The van der Waals surface area contributed by atoms with Gasteiger partial charge in [-0.05, 0) is 25.0 Å². The van der Waals surface area contributed by atoms with Crippen molar-refractivity contribution >= 4 is 16.0 Å². The normalized spacial score (nSPS) is 23.1. The van der Waals surface area contributed by atoms with Gasteiger partial charge in [0.15, 0.2) is 0 Å². The molecule has 8 heteroatoms. The van der Waals surface area contributed by atoms with Gasteiger partial charge in [0.1, 0.15) is 0 Å². The van der Waals surface area contributed by atoms with E-state index in [4.69, 9.17) is 14.3 Å². The maximum atomic E-state index is 12.0. The van der Waals surface area contributed by atoms with E-state index in [0.29, 0.717) is 6.61 Å². The number of hydrogen-bond acceptors (Lipinski definition) is 5. The molecule has 1 saturated heterocycles. The molecule has 1 aromatic heterocycles. The van der Waals surface area contributed by atoms with Crippen molar-refractivity contribution in [3.8, 4) is 0 Å². The molecule has 1 aliphatic rings. The van der Waals surface area contributed by atoms with Gasteiger partial charge in [-0.2, -0.15) is 0 Å². The molecule has 1 fully saturated rings. The molecule has 112 valence electrons. The molecule has 0 aliphatic carbocycles. The number of nitrogens with one attached hydrogen (secondary N) is 1. The first kappa shape index (κ1) is 15.0. The van der Waals surface area contributed by atoms with Crippen molar-refractivity contribution < 1.29 is 27.5 Å². The van der Waals surface area contributed by atoms with Crippen LogP contribution in [0, 0.1) is 5.92 Å². The summed E-state index contributed by atoms with van der Waals surface area (Å²) in [5.41, 5.74) is 0. The van der Waals surface area contributed by atoms with E-state index in [-0.39, 0.29) is 23.7 Å². The molecule has 2 atom stereocenters. The summed E-state index contributed by atoms with van der Waals surface area (Å²) < 4.78 is 36.7. The van der Waals surface area contributed by atoms with Crippen LogP contribution in [0.2, 0.25) is 0 Å². The molecule has 0 spiro atoms. The van der Waals surface area contributed by atoms with Crippen molar-refractivity contribution in [2.75, 3.05) is 13.2 Å². The van der Waals surface area contributed by atoms with Gasteiger partial charge in [0.25, 0.3) is 10.0 Å². The largest absolute Gasteiger partial charge is 0.475 e. The number of carboxylic acid groups (broad SMARTS) is 1.